The molecule has 1 fully saturated rings. The van der Waals surface area contributed by atoms with Crippen molar-refractivity contribution >= 4 is 28.7 Å². The summed E-state index contributed by atoms with van der Waals surface area (Å²) in [5.74, 6) is -0.00427. The van der Waals surface area contributed by atoms with Gasteiger partial charge < -0.3 is 19.4 Å². The summed E-state index contributed by atoms with van der Waals surface area (Å²) in [7, 11) is 1.35. The van der Waals surface area contributed by atoms with Gasteiger partial charge in [-0.25, -0.2) is 14.6 Å². The molecular formula is C25H30N4O4. The lowest BCUT2D eigenvalue weighted by Gasteiger charge is -2.36. The lowest BCUT2D eigenvalue weighted by atomic mass is 10.1. The third-order valence-corrected chi connectivity index (χ3v) is 5.91. The number of esters is 1. The molecule has 1 N–H and O–H groups in total. The van der Waals surface area contributed by atoms with E-state index in [1.807, 2.05) is 23.2 Å². The summed E-state index contributed by atoms with van der Waals surface area (Å²) in [5.41, 5.74) is 2.95. The van der Waals surface area contributed by atoms with Crippen LogP contribution in [0.25, 0.3) is 11.0 Å². The van der Waals surface area contributed by atoms with E-state index in [1.165, 1.54) is 7.11 Å². The topological polar surface area (TPSA) is 87.8 Å². The monoisotopic (exact) mass is 450 g/mol. The molecule has 4 rings (SSSR count). The first-order valence-corrected chi connectivity index (χ1v) is 11.4. The van der Waals surface area contributed by atoms with Crippen molar-refractivity contribution in [2.24, 2.45) is 0 Å². The van der Waals surface area contributed by atoms with Gasteiger partial charge in [0.05, 0.1) is 13.7 Å². The molecule has 1 aromatic carbocycles. The SMILES string of the molecule is CCCCCOc1cc(N2CCCN(Cc3ccnc4[nH]ccc34)C2=O)ccc1C(=O)OC. The Kier molecular flexibility index (Phi) is 7.12. The number of hydrogen-bond acceptors (Lipinski definition) is 5. The van der Waals surface area contributed by atoms with Crippen LogP contribution >= 0.6 is 0 Å². The second-order valence-electron chi connectivity index (χ2n) is 8.15. The number of hydrogen-bond donors (Lipinski definition) is 1. The van der Waals surface area contributed by atoms with Crippen LogP contribution in [-0.2, 0) is 11.3 Å². The van der Waals surface area contributed by atoms with Crippen molar-refractivity contribution < 1.29 is 19.1 Å². The van der Waals surface area contributed by atoms with E-state index in [1.54, 1.807) is 29.3 Å². The zero-order valence-corrected chi connectivity index (χ0v) is 19.2. The number of methoxy groups -OCH3 is 1. The maximum Gasteiger partial charge on any atom is 0.341 e. The summed E-state index contributed by atoms with van der Waals surface area (Å²) < 4.78 is 10.8. The number of benzene rings is 1. The summed E-state index contributed by atoms with van der Waals surface area (Å²) in [6, 6.07) is 9.10. The van der Waals surface area contributed by atoms with Crippen LogP contribution in [0, 0.1) is 0 Å². The Morgan fingerprint density at radius 2 is 2.06 bits per heavy atom. The number of fused-ring (bicyclic) bond motifs is 1. The van der Waals surface area contributed by atoms with Crippen LogP contribution < -0.4 is 9.64 Å². The first-order valence-electron chi connectivity index (χ1n) is 11.4. The van der Waals surface area contributed by atoms with Crippen molar-refractivity contribution in [1.82, 2.24) is 14.9 Å². The third-order valence-electron chi connectivity index (χ3n) is 5.91. The van der Waals surface area contributed by atoms with Crippen LogP contribution in [0.3, 0.4) is 0 Å². The van der Waals surface area contributed by atoms with Crippen molar-refractivity contribution in [2.75, 3.05) is 31.7 Å². The van der Waals surface area contributed by atoms with Crippen molar-refractivity contribution in [1.29, 1.82) is 0 Å². The molecule has 1 aliphatic rings. The van der Waals surface area contributed by atoms with Gasteiger partial charge in [-0.2, -0.15) is 0 Å². The maximum absolute atomic E-state index is 13.4. The van der Waals surface area contributed by atoms with E-state index in [9.17, 15) is 9.59 Å². The number of urea groups is 1. The number of anilines is 1. The zero-order valence-electron chi connectivity index (χ0n) is 19.2. The van der Waals surface area contributed by atoms with Gasteiger partial charge in [0, 0.05) is 49.2 Å². The minimum Gasteiger partial charge on any atom is -0.493 e. The first-order chi connectivity index (χ1) is 16.1. The minimum atomic E-state index is -0.452. The molecule has 8 heteroatoms. The number of nitrogens with zero attached hydrogens (tertiary/aromatic N) is 3. The van der Waals surface area contributed by atoms with Crippen LogP contribution in [0.2, 0.25) is 0 Å². The highest BCUT2D eigenvalue weighted by molar-refractivity contribution is 5.96. The number of carbonyl (C=O) groups excluding carboxylic acids is 2. The van der Waals surface area contributed by atoms with Crippen molar-refractivity contribution in [3.63, 3.8) is 0 Å². The number of aromatic amines is 1. The van der Waals surface area contributed by atoms with Gasteiger partial charge in [-0.3, -0.25) is 4.90 Å². The van der Waals surface area contributed by atoms with Crippen LogP contribution in [0.4, 0.5) is 10.5 Å². The Labute approximate surface area is 193 Å². The fraction of sp³-hybridized carbons (Fsp3) is 0.400. The number of carbonyl (C=O) groups is 2. The highest BCUT2D eigenvalue weighted by atomic mass is 16.5. The standard InChI is InChI=1S/C25H30N4O4/c1-3-4-5-15-33-22-16-19(7-8-21(22)24(30)32-2)29-14-6-13-28(25(29)31)17-18-9-11-26-23-20(18)10-12-27-23/h7-12,16H,3-6,13-15,17H2,1-2H3,(H,26,27). The predicted octanol–water partition coefficient (Wildman–Crippen LogP) is 4.75. The second kappa shape index (κ2) is 10.4. The van der Waals surface area contributed by atoms with Crippen LogP contribution in [0.1, 0.15) is 48.5 Å². The molecule has 0 unspecified atom stereocenters. The van der Waals surface area contributed by atoms with Gasteiger partial charge in [0.15, 0.2) is 0 Å². The smallest absolute Gasteiger partial charge is 0.341 e. The average Bonchev–Trinajstić information content (AvgIpc) is 3.32. The van der Waals surface area contributed by atoms with Gasteiger partial charge in [0.25, 0.3) is 0 Å². The lowest BCUT2D eigenvalue weighted by Crippen LogP contribution is -2.49. The normalized spacial score (nSPS) is 14.1. The van der Waals surface area contributed by atoms with Crippen LogP contribution in [0.15, 0.2) is 42.7 Å². The molecule has 0 radical (unpaired) electrons. The van der Waals surface area contributed by atoms with Gasteiger partial charge in [-0.05, 0) is 42.7 Å². The Bertz CT molecular complexity index is 1130. The molecule has 3 heterocycles. The van der Waals surface area contributed by atoms with Gasteiger partial charge in [-0.1, -0.05) is 19.8 Å². The van der Waals surface area contributed by atoms with Crippen LogP contribution in [0.5, 0.6) is 5.75 Å². The summed E-state index contributed by atoms with van der Waals surface area (Å²) in [6.45, 7) is 4.44. The van der Waals surface area contributed by atoms with Crippen molar-refractivity contribution in [2.45, 2.75) is 39.2 Å². The number of unbranched alkanes of at least 4 members (excludes halogenated alkanes) is 2. The van der Waals surface area contributed by atoms with Crippen molar-refractivity contribution in [3.8, 4) is 5.75 Å². The number of amides is 2. The van der Waals surface area contributed by atoms with Gasteiger partial charge in [0.1, 0.15) is 17.0 Å². The van der Waals surface area contributed by atoms with E-state index in [2.05, 4.69) is 16.9 Å². The molecular weight excluding hydrogens is 420 g/mol. The molecule has 0 spiro atoms. The van der Waals surface area contributed by atoms with E-state index < -0.39 is 5.97 Å². The molecule has 1 aliphatic heterocycles. The molecule has 2 amide bonds. The number of nitrogens with one attached hydrogen (secondary N) is 1. The molecule has 1 saturated heterocycles. The number of H-pyrrole nitrogens is 1. The molecule has 0 aliphatic carbocycles. The molecule has 8 nitrogen and oxygen atoms in total. The molecule has 0 saturated carbocycles. The fourth-order valence-corrected chi connectivity index (χ4v) is 4.14. The predicted molar refractivity (Wildman–Crippen MR) is 127 cm³/mol. The summed E-state index contributed by atoms with van der Waals surface area (Å²) in [6.07, 6.45) is 7.49. The minimum absolute atomic E-state index is 0.0653. The summed E-state index contributed by atoms with van der Waals surface area (Å²) in [4.78, 5) is 36.6. The largest absolute Gasteiger partial charge is 0.493 e. The molecule has 2 aromatic heterocycles. The fourth-order valence-electron chi connectivity index (χ4n) is 4.14. The van der Waals surface area contributed by atoms with Crippen LogP contribution in [-0.4, -0.2) is 53.7 Å². The highest BCUT2D eigenvalue weighted by Crippen LogP contribution is 2.30. The molecule has 3 aromatic rings. The van der Waals surface area contributed by atoms with E-state index in [0.29, 0.717) is 43.2 Å². The number of ether oxygens (including phenoxy) is 2. The molecule has 0 bridgehead atoms. The van der Waals surface area contributed by atoms with E-state index >= 15 is 0 Å². The maximum atomic E-state index is 13.4. The lowest BCUT2D eigenvalue weighted by molar-refractivity contribution is 0.0596. The van der Waals surface area contributed by atoms with Gasteiger partial charge >= 0.3 is 12.0 Å². The summed E-state index contributed by atoms with van der Waals surface area (Å²) in [5, 5.41) is 1.02. The van der Waals surface area contributed by atoms with Gasteiger partial charge in [0.2, 0.25) is 0 Å². The first kappa shape index (κ1) is 22.6. The quantitative estimate of drug-likeness (QED) is 0.375. The van der Waals surface area contributed by atoms with E-state index in [0.717, 1.165) is 42.3 Å². The Morgan fingerprint density at radius 1 is 1.18 bits per heavy atom. The summed E-state index contributed by atoms with van der Waals surface area (Å²) >= 11 is 0. The Hall–Kier alpha value is -3.55. The molecule has 174 valence electrons. The molecule has 33 heavy (non-hydrogen) atoms. The second-order valence-corrected chi connectivity index (χ2v) is 8.15. The van der Waals surface area contributed by atoms with Crippen molar-refractivity contribution in [3.05, 3.63) is 53.9 Å². The average molecular weight is 451 g/mol. The number of aromatic nitrogens is 2. The number of pyridine rings is 1. The Morgan fingerprint density at radius 3 is 2.88 bits per heavy atom. The molecule has 0 atom stereocenters. The third kappa shape index (κ3) is 4.94. The Balaban J connectivity index is 1.55. The van der Waals surface area contributed by atoms with E-state index in [-0.39, 0.29) is 6.03 Å². The van der Waals surface area contributed by atoms with E-state index in [4.69, 9.17) is 9.47 Å². The highest BCUT2D eigenvalue weighted by Gasteiger charge is 2.28. The van der Waals surface area contributed by atoms with Gasteiger partial charge in [-0.15, -0.1) is 0 Å². The number of rotatable bonds is 9. The zero-order chi connectivity index (χ0) is 23.2.